The van der Waals surface area contributed by atoms with Gasteiger partial charge in [0.2, 0.25) is 10.0 Å². The lowest BCUT2D eigenvalue weighted by molar-refractivity contribution is 0.306. The molecule has 102 valence electrons. The van der Waals surface area contributed by atoms with Crippen LogP contribution in [-0.2, 0) is 10.0 Å². The minimum Gasteiger partial charge on any atom is -0.329 e. The van der Waals surface area contributed by atoms with E-state index in [-0.39, 0.29) is 12.6 Å². The van der Waals surface area contributed by atoms with E-state index in [0.717, 1.165) is 31.6 Å². The monoisotopic (exact) mass is 262 g/mol. The van der Waals surface area contributed by atoms with Gasteiger partial charge in [0.15, 0.2) is 0 Å². The highest BCUT2D eigenvalue weighted by Crippen LogP contribution is 2.27. The number of rotatable bonds is 6. The van der Waals surface area contributed by atoms with Gasteiger partial charge in [-0.15, -0.1) is 0 Å². The third-order valence-corrected chi connectivity index (χ3v) is 5.98. The number of nitrogens with one attached hydrogen (secondary N) is 1. The molecule has 1 aliphatic carbocycles. The Morgan fingerprint density at radius 1 is 1.24 bits per heavy atom. The molecule has 0 bridgehead atoms. The van der Waals surface area contributed by atoms with Crippen molar-refractivity contribution in [2.24, 2.45) is 11.7 Å². The van der Waals surface area contributed by atoms with Crippen LogP contribution < -0.4 is 10.5 Å². The molecular formula is C12H26N2O2S. The molecule has 0 spiro atoms. The fourth-order valence-electron chi connectivity index (χ4n) is 2.53. The van der Waals surface area contributed by atoms with E-state index < -0.39 is 15.3 Å². The molecule has 0 amide bonds. The highest BCUT2D eigenvalue weighted by atomic mass is 32.2. The van der Waals surface area contributed by atoms with Gasteiger partial charge in [0.25, 0.3) is 0 Å². The predicted molar refractivity (Wildman–Crippen MR) is 71.2 cm³/mol. The second kappa shape index (κ2) is 6.71. The van der Waals surface area contributed by atoms with Crippen LogP contribution in [0.15, 0.2) is 0 Å². The fourth-order valence-corrected chi connectivity index (χ4v) is 4.11. The SMILES string of the molecule is CCC1CCC(NS(=O)(=O)C(CC)CN)CC1. The smallest absolute Gasteiger partial charge is 0.215 e. The van der Waals surface area contributed by atoms with Crippen LogP contribution in [0.2, 0.25) is 0 Å². The van der Waals surface area contributed by atoms with E-state index in [1.165, 1.54) is 6.42 Å². The van der Waals surface area contributed by atoms with Crippen molar-refractivity contribution in [3.63, 3.8) is 0 Å². The summed E-state index contributed by atoms with van der Waals surface area (Å²) in [6.45, 7) is 4.28. The lowest BCUT2D eigenvalue weighted by atomic mass is 9.85. The van der Waals surface area contributed by atoms with Crippen LogP contribution in [0.5, 0.6) is 0 Å². The first kappa shape index (κ1) is 14.9. The van der Waals surface area contributed by atoms with Gasteiger partial charge in [-0.1, -0.05) is 20.3 Å². The first-order valence-corrected chi connectivity index (χ1v) is 8.29. The molecule has 0 aromatic carbocycles. The largest absolute Gasteiger partial charge is 0.329 e. The second-order valence-electron chi connectivity index (χ2n) is 5.05. The molecule has 1 rings (SSSR count). The highest BCUT2D eigenvalue weighted by Gasteiger charge is 2.28. The van der Waals surface area contributed by atoms with E-state index >= 15 is 0 Å². The van der Waals surface area contributed by atoms with Crippen LogP contribution in [0.1, 0.15) is 52.4 Å². The van der Waals surface area contributed by atoms with Crippen LogP contribution >= 0.6 is 0 Å². The molecule has 1 atom stereocenters. The van der Waals surface area contributed by atoms with Crippen molar-refractivity contribution in [2.45, 2.75) is 63.7 Å². The summed E-state index contributed by atoms with van der Waals surface area (Å²) in [7, 11) is -3.22. The summed E-state index contributed by atoms with van der Waals surface area (Å²) in [6.07, 6.45) is 6.01. The minimum atomic E-state index is -3.22. The van der Waals surface area contributed by atoms with Crippen molar-refractivity contribution in [1.29, 1.82) is 0 Å². The quantitative estimate of drug-likeness (QED) is 0.764. The van der Waals surface area contributed by atoms with E-state index in [1.54, 1.807) is 0 Å². The summed E-state index contributed by atoms with van der Waals surface area (Å²) in [6, 6.07) is 0.128. The lowest BCUT2D eigenvalue weighted by Crippen LogP contribution is -2.44. The molecule has 3 N–H and O–H groups in total. The van der Waals surface area contributed by atoms with Crippen LogP contribution in [0, 0.1) is 5.92 Å². The molecule has 1 unspecified atom stereocenters. The van der Waals surface area contributed by atoms with Crippen molar-refractivity contribution in [3.05, 3.63) is 0 Å². The Labute approximate surface area is 105 Å². The van der Waals surface area contributed by atoms with E-state index in [1.807, 2.05) is 6.92 Å². The van der Waals surface area contributed by atoms with Gasteiger partial charge in [-0.05, 0) is 38.0 Å². The summed E-state index contributed by atoms with van der Waals surface area (Å²) in [5.74, 6) is 0.784. The molecule has 17 heavy (non-hydrogen) atoms. The maximum atomic E-state index is 12.0. The Kier molecular flexibility index (Phi) is 5.89. The van der Waals surface area contributed by atoms with Gasteiger partial charge in [0.1, 0.15) is 0 Å². The van der Waals surface area contributed by atoms with Crippen molar-refractivity contribution in [3.8, 4) is 0 Å². The molecule has 0 radical (unpaired) electrons. The second-order valence-corrected chi connectivity index (χ2v) is 7.05. The molecule has 0 aliphatic heterocycles. The van der Waals surface area contributed by atoms with Crippen LogP contribution in [0.3, 0.4) is 0 Å². The number of hydrogen-bond donors (Lipinski definition) is 2. The molecule has 1 aliphatic rings. The van der Waals surface area contributed by atoms with Crippen molar-refractivity contribution in [2.75, 3.05) is 6.54 Å². The van der Waals surface area contributed by atoms with E-state index in [0.29, 0.717) is 6.42 Å². The zero-order valence-corrected chi connectivity index (χ0v) is 11.8. The van der Waals surface area contributed by atoms with Gasteiger partial charge < -0.3 is 5.73 Å². The Balaban J connectivity index is 2.49. The van der Waals surface area contributed by atoms with Crippen molar-refractivity contribution in [1.82, 2.24) is 4.72 Å². The van der Waals surface area contributed by atoms with Crippen LogP contribution in [0.25, 0.3) is 0 Å². The van der Waals surface area contributed by atoms with E-state index in [4.69, 9.17) is 5.73 Å². The van der Waals surface area contributed by atoms with Gasteiger partial charge >= 0.3 is 0 Å². The zero-order chi connectivity index (χ0) is 12.9. The molecule has 5 heteroatoms. The van der Waals surface area contributed by atoms with Crippen molar-refractivity contribution < 1.29 is 8.42 Å². The molecule has 0 heterocycles. The number of nitrogens with two attached hydrogens (primary N) is 1. The topological polar surface area (TPSA) is 72.2 Å². The lowest BCUT2D eigenvalue weighted by Gasteiger charge is -2.29. The van der Waals surface area contributed by atoms with E-state index in [9.17, 15) is 8.42 Å². The Bertz CT molecular complexity index is 304. The summed E-state index contributed by atoms with van der Waals surface area (Å²) in [5, 5.41) is -0.439. The van der Waals surface area contributed by atoms with Crippen LogP contribution in [-0.4, -0.2) is 26.3 Å². The third-order valence-electron chi connectivity index (χ3n) is 3.91. The van der Waals surface area contributed by atoms with Gasteiger partial charge in [-0.3, -0.25) is 0 Å². The fraction of sp³-hybridized carbons (Fsp3) is 1.00. The first-order valence-electron chi connectivity index (χ1n) is 6.74. The number of sulfonamides is 1. The maximum absolute atomic E-state index is 12.0. The van der Waals surface area contributed by atoms with Gasteiger partial charge in [-0.2, -0.15) is 0 Å². The zero-order valence-electron chi connectivity index (χ0n) is 11.0. The average Bonchev–Trinajstić information content (AvgIpc) is 2.30. The number of hydrogen-bond acceptors (Lipinski definition) is 3. The molecule has 0 aromatic heterocycles. The van der Waals surface area contributed by atoms with Gasteiger partial charge in [-0.25, -0.2) is 13.1 Å². The summed E-state index contributed by atoms with van der Waals surface area (Å²) < 4.78 is 26.9. The highest BCUT2D eigenvalue weighted by molar-refractivity contribution is 7.90. The van der Waals surface area contributed by atoms with Gasteiger partial charge in [0, 0.05) is 12.6 Å². The average molecular weight is 262 g/mol. The minimum absolute atomic E-state index is 0.128. The molecule has 0 saturated heterocycles. The van der Waals surface area contributed by atoms with Crippen molar-refractivity contribution >= 4 is 10.0 Å². The molecule has 0 aromatic rings. The molecule has 1 saturated carbocycles. The summed E-state index contributed by atoms with van der Waals surface area (Å²) in [4.78, 5) is 0. The Morgan fingerprint density at radius 2 is 1.82 bits per heavy atom. The molecular weight excluding hydrogens is 236 g/mol. The van der Waals surface area contributed by atoms with Crippen LogP contribution in [0.4, 0.5) is 0 Å². The first-order chi connectivity index (χ1) is 8.03. The van der Waals surface area contributed by atoms with E-state index in [2.05, 4.69) is 11.6 Å². The molecule has 1 fully saturated rings. The maximum Gasteiger partial charge on any atom is 0.215 e. The third kappa shape index (κ3) is 4.23. The van der Waals surface area contributed by atoms with Gasteiger partial charge in [0.05, 0.1) is 5.25 Å². The Morgan fingerprint density at radius 3 is 2.24 bits per heavy atom. The molecule has 4 nitrogen and oxygen atoms in total. The standard InChI is InChI=1S/C12H26N2O2S/c1-3-10-5-7-11(8-6-10)14-17(15,16)12(4-2)9-13/h10-12,14H,3-9,13H2,1-2H3. The Hall–Kier alpha value is -0.130. The summed E-state index contributed by atoms with van der Waals surface area (Å²) in [5.41, 5.74) is 5.50. The normalized spacial score (nSPS) is 27.9. The predicted octanol–water partition coefficient (Wildman–Crippen LogP) is 1.61. The summed E-state index contributed by atoms with van der Waals surface area (Å²) >= 11 is 0.